The zero-order valence-electron chi connectivity index (χ0n) is 16.4. The molecule has 2 fully saturated rings. The summed E-state index contributed by atoms with van der Waals surface area (Å²) >= 11 is 0. The van der Waals surface area contributed by atoms with Crippen LogP contribution in [0.15, 0.2) is 24.3 Å². The summed E-state index contributed by atoms with van der Waals surface area (Å²) in [6.07, 6.45) is 3.98. The summed E-state index contributed by atoms with van der Waals surface area (Å²) < 4.78 is 10.6. The van der Waals surface area contributed by atoms with Gasteiger partial charge in [-0.15, -0.1) is 0 Å². The maximum absolute atomic E-state index is 12.9. The quantitative estimate of drug-likeness (QED) is 0.765. The Kier molecular flexibility index (Phi) is 6.72. The number of amides is 2. The van der Waals surface area contributed by atoms with Crippen molar-refractivity contribution in [2.24, 2.45) is 5.92 Å². The summed E-state index contributed by atoms with van der Waals surface area (Å²) in [7, 11) is 3.38. The van der Waals surface area contributed by atoms with Gasteiger partial charge in [-0.25, -0.2) is 0 Å². The van der Waals surface area contributed by atoms with Gasteiger partial charge in [-0.3, -0.25) is 9.59 Å². The molecule has 0 saturated carbocycles. The van der Waals surface area contributed by atoms with Crippen molar-refractivity contribution in [3.8, 4) is 5.75 Å². The van der Waals surface area contributed by atoms with Crippen molar-refractivity contribution in [3.05, 3.63) is 29.8 Å². The molecule has 0 unspecified atom stereocenters. The van der Waals surface area contributed by atoms with Crippen molar-refractivity contribution in [2.45, 2.75) is 38.2 Å². The fourth-order valence-electron chi connectivity index (χ4n) is 3.96. The molecule has 1 atom stereocenters. The SMILES string of the molecule is COc1ccc(CCN2C[C@@H](C(=O)N3CCC(OC)CC3)CCC2=O)cc1. The van der Waals surface area contributed by atoms with Crippen molar-refractivity contribution in [2.75, 3.05) is 40.4 Å². The van der Waals surface area contributed by atoms with Gasteiger partial charge in [0.1, 0.15) is 5.75 Å². The van der Waals surface area contributed by atoms with Crippen molar-refractivity contribution < 1.29 is 19.1 Å². The van der Waals surface area contributed by atoms with Gasteiger partial charge in [-0.1, -0.05) is 12.1 Å². The third-order valence-electron chi connectivity index (χ3n) is 5.77. The Labute approximate surface area is 161 Å². The van der Waals surface area contributed by atoms with Crippen LogP contribution in [0.25, 0.3) is 0 Å². The Morgan fingerprint density at radius 1 is 1.11 bits per heavy atom. The predicted octanol–water partition coefficient (Wildman–Crippen LogP) is 2.11. The molecule has 148 valence electrons. The number of rotatable bonds is 6. The molecule has 0 aliphatic carbocycles. The average molecular weight is 374 g/mol. The molecule has 6 heteroatoms. The third kappa shape index (κ3) is 5.01. The second-order valence-electron chi connectivity index (χ2n) is 7.43. The van der Waals surface area contributed by atoms with E-state index in [2.05, 4.69) is 0 Å². The molecular weight excluding hydrogens is 344 g/mol. The van der Waals surface area contributed by atoms with E-state index in [1.165, 1.54) is 5.56 Å². The van der Waals surface area contributed by atoms with E-state index in [0.717, 1.165) is 38.1 Å². The molecule has 2 saturated heterocycles. The fraction of sp³-hybridized carbons (Fsp3) is 0.619. The zero-order valence-corrected chi connectivity index (χ0v) is 16.4. The van der Waals surface area contributed by atoms with Crippen LogP contribution in [-0.4, -0.2) is 68.1 Å². The summed E-state index contributed by atoms with van der Waals surface area (Å²) in [4.78, 5) is 29.0. The second-order valence-corrected chi connectivity index (χ2v) is 7.43. The molecule has 0 bridgehead atoms. The molecular formula is C21H30N2O4. The molecule has 6 nitrogen and oxygen atoms in total. The first-order chi connectivity index (χ1) is 13.1. The molecule has 0 spiro atoms. The summed E-state index contributed by atoms with van der Waals surface area (Å²) in [6, 6.07) is 7.92. The van der Waals surface area contributed by atoms with Crippen LogP contribution < -0.4 is 4.74 Å². The van der Waals surface area contributed by atoms with E-state index >= 15 is 0 Å². The molecule has 1 aromatic rings. The number of methoxy groups -OCH3 is 2. The van der Waals surface area contributed by atoms with Gasteiger partial charge >= 0.3 is 0 Å². The topological polar surface area (TPSA) is 59.1 Å². The lowest BCUT2D eigenvalue weighted by molar-refractivity contribution is -0.144. The van der Waals surface area contributed by atoms with Crippen LogP contribution in [0.1, 0.15) is 31.2 Å². The van der Waals surface area contributed by atoms with Crippen molar-refractivity contribution in [3.63, 3.8) is 0 Å². The molecule has 1 aromatic carbocycles. The lowest BCUT2D eigenvalue weighted by Gasteiger charge is -2.37. The Morgan fingerprint density at radius 3 is 2.44 bits per heavy atom. The van der Waals surface area contributed by atoms with Crippen molar-refractivity contribution in [1.82, 2.24) is 9.80 Å². The first-order valence-electron chi connectivity index (χ1n) is 9.83. The van der Waals surface area contributed by atoms with Crippen LogP contribution in [-0.2, 0) is 20.7 Å². The van der Waals surface area contributed by atoms with E-state index in [4.69, 9.17) is 9.47 Å². The molecule has 2 aliphatic heterocycles. The van der Waals surface area contributed by atoms with Crippen LogP contribution in [0.4, 0.5) is 0 Å². The minimum Gasteiger partial charge on any atom is -0.497 e. The highest BCUT2D eigenvalue weighted by atomic mass is 16.5. The van der Waals surface area contributed by atoms with Gasteiger partial charge in [0, 0.05) is 39.7 Å². The van der Waals surface area contributed by atoms with E-state index in [-0.39, 0.29) is 23.8 Å². The van der Waals surface area contributed by atoms with Crippen LogP contribution in [0.3, 0.4) is 0 Å². The molecule has 2 heterocycles. The largest absolute Gasteiger partial charge is 0.497 e. The minimum atomic E-state index is -0.0716. The van der Waals surface area contributed by atoms with E-state index in [1.807, 2.05) is 34.1 Å². The van der Waals surface area contributed by atoms with Crippen LogP contribution in [0.2, 0.25) is 0 Å². The minimum absolute atomic E-state index is 0.0716. The number of hydrogen-bond acceptors (Lipinski definition) is 4. The molecule has 0 radical (unpaired) electrons. The molecule has 0 N–H and O–H groups in total. The van der Waals surface area contributed by atoms with Gasteiger partial charge in [-0.2, -0.15) is 0 Å². The average Bonchev–Trinajstić information content (AvgIpc) is 2.73. The Balaban J connectivity index is 1.52. The van der Waals surface area contributed by atoms with Gasteiger partial charge in [0.05, 0.1) is 19.1 Å². The number of hydrogen-bond donors (Lipinski definition) is 0. The first-order valence-corrected chi connectivity index (χ1v) is 9.83. The maximum Gasteiger partial charge on any atom is 0.227 e. The summed E-state index contributed by atoms with van der Waals surface area (Å²) in [5, 5.41) is 0. The highest BCUT2D eigenvalue weighted by molar-refractivity contribution is 5.84. The Hall–Kier alpha value is -2.08. The smallest absolute Gasteiger partial charge is 0.227 e. The molecule has 3 rings (SSSR count). The molecule has 27 heavy (non-hydrogen) atoms. The van der Waals surface area contributed by atoms with Gasteiger partial charge in [-0.05, 0) is 43.4 Å². The van der Waals surface area contributed by atoms with Crippen molar-refractivity contribution >= 4 is 11.8 Å². The van der Waals surface area contributed by atoms with Gasteiger partial charge in [0.15, 0.2) is 0 Å². The van der Waals surface area contributed by atoms with Gasteiger partial charge in [0.2, 0.25) is 11.8 Å². The monoisotopic (exact) mass is 374 g/mol. The number of likely N-dealkylation sites (tertiary alicyclic amines) is 2. The second kappa shape index (κ2) is 9.22. The van der Waals surface area contributed by atoms with E-state index < -0.39 is 0 Å². The van der Waals surface area contributed by atoms with Gasteiger partial charge in [0.25, 0.3) is 0 Å². The number of nitrogens with zero attached hydrogens (tertiary/aromatic N) is 2. The normalized spacial score (nSPS) is 21.4. The summed E-state index contributed by atoms with van der Waals surface area (Å²) in [5.41, 5.74) is 1.17. The number of carbonyl (C=O) groups excluding carboxylic acids is 2. The van der Waals surface area contributed by atoms with Crippen LogP contribution in [0.5, 0.6) is 5.75 Å². The molecule has 0 aromatic heterocycles. The highest BCUT2D eigenvalue weighted by Crippen LogP contribution is 2.23. The summed E-state index contributed by atoms with van der Waals surface area (Å²) in [5.74, 6) is 1.12. The standard InChI is InChI=1S/C21H30N2O4/c1-26-18-6-3-16(4-7-18)9-12-23-15-17(5-8-20(23)24)21(25)22-13-10-19(27-2)11-14-22/h3-4,6-7,17,19H,5,8-15H2,1-2H3/t17-/m0/s1. The fourth-order valence-corrected chi connectivity index (χ4v) is 3.96. The lowest BCUT2D eigenvalue weighted by Crippen LogP contribution is -2.49. The first kappa shape index (κ1) is 19.7. The van der Waals surface area contributed by atoms with Crippen LogP contribution >= 0.6 is 0 Å². The van der Waals surface area contributed by atoms with E-state index in [9.17, 15) is 9.59 Å². The lowest BCUT2D eigenvalue weighted by atomic mass is 9.94. The van der Waals surface area contributed by atoms with E-state index in [1.54, 1.807) is 14.2 Å². The number of ether oxygens (including phenoxy) is 2. The van der Waals surface area contributed by atoms with Crippen molar-refractivity contribution in [1.29, 1.82) is 0 Å². The Morgan fingerprint density at radius 2 is 1.81 bits per heavy atom. The maximum atomic E-state index is 12.9. The predicted molar refractivity (Wildman–Crippen MR) is 103 cm³/mol. The van der Waals surface area contributed by atoms with E-state index in [0.29, 0.717) is 25.9 Å². The molecule has 2 amide bonds. The Bertz CT molecular complexity index is 638. The number of piperidine rings is 2. The highest BCUT2D eigenvalue weighted by Gasteiger charge is 2.33. The zero-order chi connectivity index (χ0) is 19.2. The van der Waals surface area contributed by atoms with Crippen LogP contribution in [0, 0.1) is 5.92 Å². The van der Waals surface area contributed by atoms with Gasteiger partial charge < -0.3 is 19.3 Å². The number of carbonyl (C=O) groups is 2. The number of benzene rings is 1. The third-order valence-corrected chi connectivity index (χ3v) is 5.77. The molecule has 2 aliphatic rings. The summed E-state index contributed by atoms with van der Waals surface area (Å²) in [6.45, 7) is 2.71.